The molecular formula is C33H34FN5O3. The summed E-state index contributed by atoms with van der Waals surface area (Å²) >= 11 is 0. The van der Waals surface area contributed by atoms with Crippen LogP contribution in [0.1, 0.15) is 79.5 Å². The van der Waals surface area contributed by atoms with Gasteiger partial charge in [0.15, 0.2) is 11.5 Å². The summed E-state index contributed by atoms with van der Waals surface area (Å²) < 4.78 is 13.8. The zero-order valence-corrected chi connectivity index (χ0v) is 23.4. The Bertz CT molecular complexity index is 1620. The van der Waals surface area contributed by atoms with Gasteiger partial charge in [-0.3, -0.25) is 19.7 Å². The topological polar surface area (TPSA) is 120 Å². The first-order valence-electron chi connectivity index (χ1n) is 14.8. The molecule has 1 aromatic carbocycles. The average molecular weight is 568 g/mol. The van der Waals surface area contributed by atoms with Gasteiger partial charge in [-0.2, -0.15) is 5.10 Å². The van der Waals surface area contributed by atoms with Gasteiger partial charge in [0.2, 0.25) is 0 Å². The molecule has 0 radical (unpaired) electrons. The van der Waals surface area contributed by atoms with Gasteiger partial charge in [0, 0.05) is 47.0 Å². The maximum Gasteiger partial charge on any atom is 0.272 e. The Hall–Kier alpha value is -4.11. The van der Waals surface area contributed by atoms with E-state index in [1.807, 2.05) is 24.3 Å². The number of pyridine rings is 1. The van der Waals surface area contributed by atoms with Crippen LogP contribution in [-0.2, 0) is 4.79 Å². The van der Waals surface area contributed by atoms with Gasteiger partial charge in [-0.1, -0.05) is 37.5 Å². The summed E-state index contributed by atoms with van der Waals surface area (Å²) in [5.74, 6) is -0.0109. The van der Waals surface area contributed by atoms with E-state index >= 15 is 0 Å². The summed E-state index contributed by atoms with van der Waals surface area (Å²) in [5, 5.41) is 23.7. The Balaban J connectivity index is 1.27. The number of anilines is 1. The van der Waals surface area contributed by atoms with E-state index in [0.29, 0.717) is 41.2 Å². The van der Waals surface area contributed by atoms with Gasteiger partial charge in [0.1, 0.15) is 11.6 Å². The highest BCUT2D eigenvalue weighted by Crippen LogP contribution is 2.53. The maximum atomic E-state index is 13.9. The first-order chi connectivity index (χ1) is 20.4. The summed E-state index contributed by atoms with van der Waals surface area (Å²) in [5.41, 5.74) is 4.65. The lowest BCUT2D eigenvalue weighted by Crippen LogP contribution is -2.44. The van der Waals surface area contributed by atoms with Gasteiger partial charge in [-0.05, 0) is 67.4 Å². The maximum absolute atomic E-state index is 13.9. The minimum Gasteiger partial charge on any atom is -0.396 e. The quantitative estimate of drug-likeness (QED) is 0.306. The van der Waals surface area contributed by atoms with Crippen molar-refractivity contribution in [3.8, 4) is 11.1 Å². The Morgan fingerprint density at radius 1 is 1.07 bits per heavy atom. The minimum atomic E-state index is -0.353. The highest BCUT2D eigenvalue weighted by atomic mass is 19.1. The number of carbonyl (C=O) groups excluding carboxylic acids is 2. The number of carbonyl (C=O) groups is 2. The molecule has 42 heavy (non-hydrogen) atoms. The van der Waals surface area contributed by atoms with Gasteiger partial charge >= 0.3 is 0 Å². The molecule has 9 heteroatoms. The Morgan fingerprint density at radius 2 is 1.90 bits per heavy atom. The summed E-state index contributed by atoms with van der Waals surface area (Å²) in [4.78, 5) is 32.0. The van der Waals surface area contributed by atoms with Crippen molar-refractivity contribution in [2.24, 2.45) is 10.8 Å². The third-order valence-electron chi connectivity index (χ3n) is 9.74. The van der Waals surface area contributed by atoms with E-state index < -0.39 is 0 Å². The number of halogens is 1. The number of rotatable bonds is 6. The molecule has 1 amide bonds. The fourth-order valence-electron chi connectivity index (χ4n) is 7.20. The number of nitrogens with zero attached hydrogens (tertiary/aromatic N) is 2. The van der Waals surface area contributed by atoms with Crippen LogP contribution in [0.15, 0.2) is 53.9 Å². The van der Waals surface area contributed by atoms with Crippen molar-refractivity contribution in [2.75, 3.05) is 18.5 Å². The number of benzene rings is 1. The number of aliphatic hydroxyl groups excluding tert-OH is 1. The largest absolute Gasteiger partial charge is 0.396 e. The van der Waals surface area contributed by atoms with Crippen LogP contribution in [-0.4, -0.2) is 45.1 Å². The van der Waals surface area contributed by atoms with Crippen LogP contribution in [0, 0.1) is 16.6 Å². The minimum absolute atomic E-state index is 0.0159. The molecule has 3 aromatic rings. The lowest BCUT2D eigenvalue weighted by Gasteiger charge is -2.40. The van der Waals surface area contributed by atoms with E-state index in [2.05, 4.69) is 25.8 Å². The highest BCUT2D eigenvalue weighted by molar-refractivity contribution is 6.19. The second kappa shape index (κ2) is 10.3. The van der Waals surface area contributed by atoms with E-state index in [1.54, 1.807) is 12.3 Å². The zero-order valence-electron chi connectivity index (χ0n) is 23.4. The number of aromatic amines is 1. The number of ketones is 1. The molecule has 3 aliphatic carbocycles. The van der Waals surface area contributed by atoms with Crippen LogP contribution in [0.2, 0.25) is 0 Å². The molecule has 0 atom stereocenters. The summed E-state index contributed by atoms with van der Waals surface area (Å²) in [6.45, 7) is 0.400. The third-order valence-corrected chi connectivity index (χ3v) is 9.74. The van der Waals surface area contributed by atoms with Gasteiger partial charge in [0.25, 0.3) is 5.91 Å². The number of fused-ring (bicyclic) bond motifs is 1. The SMILES string of the molecule is O=C1CC2(CCCC2)CC2=C1/C(=C\c1ccc(-c3cccc(F)c3)cn1)c1c(C(=O)NCC3(CO)CCC3)n[nH]c1N2. The van der Waals surface area contributed by atoms with Crippen LogP contribution < -0.4 is 10.6 Å². The van der Waals surface area contributed by atoms with Crippen molar-refractivity contribution in [2.45, 2.75) is 57.8 Å². The lowest BCUT2D eigenvalue weighted by molar-refractivity contribution is -0.118. The normalized spacial score (nSPS) is 21.1. The van der Waals surface area contributed by atoms with Crippen molar-refractivity contribution in [3.05, 3.63) is 76.6 Å². The van der Waals surface area contributed by atoms with Crippen LogP contribution in [0.3, 0.4) is 0 Å². The predicted octanol–water partition coefficient (Wildman–Crippen LogP) is 5.65. The van der Waals surface area contributed by atoms with Crippen LogP contribution in [0.25, 0.3) is 22.8 Å². The fraction of sp³-hybridized carbons (Fsp3) is 0.394. The second-order valence-electron chi connectivity index (χ2n) is 12.5. The van der Waals surface area contributed by atoms with Gasteiger partial charge in [-0.25, -0.2) is 4.39 Å². The Morgan fingerprint density at radius 3 is 2.60 bits per heavy atom. The zero-order chi connectivity index (χ0) is 28.9. The number of H-pyrrole nitrogens is 1. The smallest absolute Gasteiger partial charge is 0.272 e. The number of aliphatic hydroxyl groups is 1. The molecule has 0 unspecified atom stereocenters. The lowest BCUT2D eigenvalue weighted by atomic mass is 9.69. The summed E-state index contributed by atoms with van der Waals surface area (Å²) in [7, 11) is 0. The van der Waals surface area contributed by atoms with Gasteiger partial charge < -0.3 is 15.7 Å². The molecular weight excluding hydrogens is 533 g/mol. The number of aromatic nitrogens is 3. The number of hydrogen-bond donors (Lipinski definition) is 4. The van der Waals surface area contributed by atoms with Crippen molar-refractivity contribution >= 4 is 29.2 Å². The molecule has 1 spiro atoms. The molecule has 3 heterocycles. The molecule has 4 N–H and O–H groups in total. The van der Waals surface area contributed by atoms with E-state index in [4.69, 9.17) is 0 Å². The molecule has 2 fully saturated rings. The molecule has 4 aliphatic rings. The van der Waals surface area contributed by atoms with Crippen molar-refractivity contribution in [1.29, 1.82) is 0 Å². The standard InChI is InChI=1S/C33H34FN5O3/c34-22-6-3-5-20(13-22)21-7-8-23(35-17-21)14-24-27-25(15-32(16-26(27)41)9-1-2-10-32)37-30-28(24)29(38-39-30)31(42)36-18-33(19-40)11-4-12-33/h3,5-8,13-14,17,40H,1-2,4,9-12,15-16,18-19H2,(H,36,42)(H2,37,38,39)/b24-14+. The molecule has 2 aromatic heterocycles. The third kappa shape index (κ3) is 4.65. The fourth-order valence-corrected chi connectivity index (χ4v) is 7.20. The van der Waals surface area contributed by atoms with Crippen molar-refractivity contribution < 1.29 is 19.1 Å². The van der Waals surface area contributed by atoms with Crippen LogP contribution >= 0.6 is 0 Å². The van der Waals surface area contributed by atoms with Gasteiger partial charge in [0.05, 0.1) is 17.9 Å². The van der Waals surface area contributed by atoms with E-state index in [-0.39, 0.29) is 40.6 Å². The predicted molar refractivity (Wildman–Crippen MR) is 158 cm³/mol. The number of amides is 1. The van der Waals surface area contributed by atoms with E-state index in [1.165, 1.54) is 12.1 Å². The average Bonchev–Trinajstić information content (AvgIpc) is 3.59. The Labute approximate surface area is 243 Å². The molecule has 1 aliphatic heterocycles. The monoisotopic (exact) mass is 567 g/mol. The van der Waals surface area contributed by atoms with Crippen molar-refractivity contribution in [1.82, 2.24) is 20.5 Å². The number of Topliss-reactive ketones (excluding diaryl/α,β-unsaturated/α-hetero) is 1. The first-order valence-corrected chi connectivity index (χ1v) is 14.8. The molecule has 0 bridgehead atoms. The Kier molecular flexibility index (Phi) is 6.57. The molecule has 216 valence electrons. The van der Waals surface area contributed by atoms with E-state index in [9.17, 15) is 19.1 Å². The molecule has 8 nitrogen and oxygen atoms in total. The summed E-state index contributed by atoms with van der Waals surface area (Å²) in [6, 6.07) is 10.1. The molecule has 0 saturated heterocycles. The summed E-state index contributed by atoms with van der Waals surface area (Å²) in [6.07, 6.45) is 11.9. The first kappa shape index (κ1) is 26.8. The van der Waals surface area contributed by atoms with Gasteiger partial charge in [-0.15, -0.1) is 0 Å². The van der Waals surface area contributed by atoms with E-state index in [0.717, 1.165) is 68.2 Å². The molecule has 7 rings (SSSR count). The second-order valence-corrected chi connectivity index (χ2v) is 12.5. The van der Waals surface area contributed by atoms with Crippen LogP contribution in [0.5, 0.6) is 0 Å². The molecule has 2 saturated carbocycles. The van der Waals surface area contributed by atoms with Crippen molar-refractivity contribution in [3.63, 3.8) is 0 Å². The number of nitrogens with one attached hydrogen (secondary N) is 3. The number of hydrogen-bond acceptors (Lipinski definition) is 6. The number of allylic oxidation sites excluding steroid dienone is 3. The van der Waals surface area contributed by atoms with Crippen LogP contribution in [0.4, 0.5) is 10.2 Å². The highest BCUT2D eigenvalue weighted by Gasteiger charge is 2.45.